The van der Waals surface area contributed by atoms with Crippen molar-refractivity contribution >= 4 is 11.9 Å². The molecule has 8 unspecified atom stereocenters. The second-order valence-electron chi connectivity index (χ2n) is 20.7. The first-order chi connectivity index (χ1) is 37.2. The zero-order valence-corrected chi connectivity index (χ0v) is 48.1. The molecule has 11 nitrogen and oxygen atoms in total. The molecular weight excluding hydrogens is 955 g/mol. The molecule has 0 aromatic heterocycles. The molecule has 1 aliphatic rings. The van der Waals surface area contributed by atoms with E-state index in [0.717, 1.165) is 109 Å². The van der Waals surface area contributed by atoms with Gasteiger partial charge in [-0.15, -0.1) is 0 Å². The van der Waals surface area contributed by atoms with Gasteiger partial charge < -0.3 is 45.1 Å². The van der Waals surface area contributed by atoms with Gasteiger partial charge in [-0.25, -0.2) is 0 Å². The average molecular weight is 1070 g/mol. The number of carbonyl (C=O) groups excluding carboxylic acids is 2. The maximum Gasteiger partial charge on any atom is 0.306 e. The SMILES string of the molecule is CC/C=C\C/C=C\C/C=C\C/C=C\C/C=C\C/C=C\CCCCCCC(=O)OC1C(OCC(NC(=O)C(O)CCCC/C=C\CCCCCCCCC)C(O)/C=C/CCCCCCCCCCC)OC(CO)C(O)C1O. The highest BCUT2D eigenvalue weighted by atomic mass is 16.7. The minimum atomic E-state index is -1.63. The Hall–Kier alpha value is -3.42. The van der Waals surface area contributed by atoms with Crippen molar-refractivity contribution in [3.8, 4) is 0 Å². The van der Waals surface area contributed by atoms with E-state index in [1.165, 1.54) is 83.5 Å². The van der Waals surface area contributed by atoms with Crippen molar-refractivity contribution in [2.45, 2.75) is 288 Å². The van der Waals surface area contributed by atoms with Crippen LogP contribution < -0.4 is 5.32 Å². The van der Waals surface area contributed by atoms with Crippen molar-refractivity contribution < 1.29 is 49.3 Å². The van der Waals surface area contributed by atoms with Gasteiger partial charge in [-0.2, -0.15) is 0 Å². The second kappa shape index (κ2) is 52.3. The van der Waals surface area contributed by atoms with Gasteiger partial charge in [0.1, 0.15) is 24.4 Å². The third kappa shape index (κ3) is 39.9. The fourth-order valence-corrected chi connectivity index (χ4v) is 8.88. The first kappa shape index (κ1) is 70.6. The first-order valence-corrected chi connectivity index (χ1v) is 30.5. The van der Waals surface area contributed by atoms with Crippen LogP contribution in [0.15, 0.2) is 97.2 Å². The molecule has 1 saturated heterocycles. The van der Waals surface area contributed by atoms with Crippen LogP contribution in [0.25, 0.3) is 0 Å². The number of allylic oxidation sites excluding steroid dienone is 15. The number of aliphatic hydroxyl groups excluding tert-OH is 5. The van der Waals surface area contributed by atoms with Gasteiger partial charge in [0, 0.05) is 6.42 Å². The van der Waals surface area contributed by atoms with E-state index in [9.17, 15) is 35.1 Å². The van der Waals surface area contributed by atoms with Gasteiger partial charge in [0.2, 0.25) is 5.91 Å². The van der Waals surface area contributed by atoms with Crippen LogP contribution in [0.3, 0.4) is 0 Å². The molecule has 1 amide bonds. The predicted molar refractivity (Wildman–Crippen MR) is 315 cm³/mol. The standard InChI is InChI=1S/C65H111NO10/c1-4-7-10-13-16-19-22-24-25-26-27-28-29-30-31-32-33-35-38-41-44-47-50-53-60(70)76-63-62(72)61(71)59(54-67)75-65(63)74-55-56(57(68)51-48-45-42-39-36-21-18-15-12-9-6-3)66-64(73)58(69)52-49-46-43-40-37-34-23-20-17-14-11-8-5-2/h7,10,16,19,24-25,27-28,30-31,33,35,37,40,48,51,56-59,61-63,65,67-69,71-72H,4-6,8-9,11-15,17-18,20-23,26,29,32,34,36,38-39,41-47,49-50,52-55H2,1-3H3,(H,66,73)/b10-7-,19-16-,25-24-,28-27-,31-30-,35-33-,40-37-,51-48+. The van der Waals surface area contributed by atoms with E-state index < -0.39 is 67.4 Å². The van der Waals surface area contributed by atoms with Crippen molar-refractivity contribution in [2.24, 2.45) is 0 Å². The molecule has 11 heteroatoms. The number of aliphatic hydroxyl groups is 5. The number of rotatable bonds is 50. The van der Waals surface area contributed by atoms with E-state index >= 15 is 0 Å². The van der Waals surface area contributed by atoms with Crippen LogP contribution in [0.1, 0.15) is 239 Å². The van der Waals surface area contributed by atoms with Crippen molar-refractivity contribution in [2.75, 3.05) is 13.2 Å². The lowest BCUT2D eigenvalue weighted by molar-refractivity contribution is -0.305. The number of nitrogens with one attached hydrogen (secondary N) is 1. The molecule has 0 aromatic rings. The number of hydrogen-bond donors (Lipinski definition) is 6. The Labute approximate surface area is 463 Å². The van der Waals surface area contributed by atoms with Crippen molar-refractivity contribution in [3.05, 3.63) is 97.2 Å². The van der Waals surface area contributed by atoms with Crippen molar-refractivity contribution in [3.63, 3.8) is 0 Å². The molecule has 0 bridgehead atoms. The summed E-state index contributed by atoms with van der Waals surface area (Å²) in [7, 11) is 0. The van der Waals surface area contributed by atoms with E-state index in [0.29, 0.717) is 12.8 Å². The summed E-state index contributed by atoms with van der Waals surface area (Å²) in [6, 6.07) is -1.04. The zero-order chi connectivity index (χ0) is 55.4. The maximum absolute atomic E-state index is 13.4. The Bertz CT molecular complexity index is 1600. The molecule has 1 rings (SSSR count). The zero-order valence-electron chi connectivity index (χ0n) is 48.1. The van der Waals surface area contributed by atoms with Gasteiger partial charge in [-0.3, -0.25) is 9.59 Å². The lowest BCUT2D eigenvalue weighted by Crippen LogP contribution is -2.61. The number of unbranched alkanes of at least 4 members (excludes halogenated alkanes) is 22. The van der Waals surface area contributed by atoms with Gasteiger partial charge in [-0.1, -0.05) is 227 Å². The maximum atomic E-state index is 13.4. The highest BCUT2D eigenvalue weighted by Crippen LogP contribution is 2.26. The van der Waals surface area contributed by atoms with Crippen molar-refractivity contribution in [1.82, 2.24) is 5.32 Å². The summed E-state index contributed by atoms with van der Waals surface area (Å²) in [6.45, 7) is 5.62. The molecular formula is C65H111NO10. The van der Waals surface area contributed by atoms with Crippen LogP contribution in [0.2, 0.25) is 0 Å². The average Bonchev–Trinajstić information content (AvgIpc) is 3.42. The largest absolute Gasteiger partial charge is 0.454 e. The lowest BCUT2D eigenvalue weighted by Gasteiger charge is -2.41. The molecule has 76 heavy (non-hydrogen) atoms. The van der Waals surface area contributed by atoms with E-state index in [4.69, 9.17) is 14.2 Å². The number of amides is 1. The monoisotopic (exact) mass is 1070 g/mol. The quantitative estimate of drug-likeness (QED) is 0.0195. The van der Waals surface area contributed by atoms with Gasteiger partial charge >= 0.3 is 5.97 Å². The molecule has 0 spiro atoms. The van der Waals surface area contributed by atoms with E-state index in [-0.39, 0.29) is 19.4 Å². The topological polar surface area (TPSA) is 175 Å². The highest BCUT2D eigenvalue weighted by molar-refractivity contribution is 5.80. The molecule has 1 heterocycles. The second-order valence-corrected chi connectivity index (χ2v) is 20.7. The number of ether oxygens (including phenoxy) is 3. The molecule has 0 saturated carbocycles. The van der Waals surface area contributed by atoms with E-state index in [2.05, 4.69) is 111 Å². The van der Waals surface area contributed by atoms with Crippen LogP contribution in [0.4, 0.5) is 0 Å². The smallest absolute Gasteiger partial charge is 0.306 e. The molecule has 8 atom stereocenters. The normalized spacial score (nSPS) is 19.8. The highest BCUT2D eigenvalue weighted by Gasteiger charge is 2.47. The molecule has 0 aliphatic carbocycles. The Morgan fingerprint density at radius 3 is 1.43 bits per heavy atom. The molecule has 436 valence electrons. The van der Waals surface area contributed by atoms with Gasteiger partial charge in [0.05, 0.1) is 25.4 Å². The third-order valence-corrected chi connectivity index (χ3v) is 13.7. The van der Waals surface area contributed by atoms with Gasteiger partial charge in [-0.05, 0) is 103 Å². The van der Waals surface area contributed by atoms with Crippen LogP contribution in [-0.4, -0.2) is 99.6 Å². The van der Waals surface area contributed by atoms with Gasteiger partial charge in [0.25, 0.3) is 0 Å². The Morgan fingerprint density at radius 2 is 0.947 bits per heavy atom. The third-order valence-electron chi connectivity index (χ3n) is 13.7. The molecule has 0 radical (unpaired) electrons. The predicted octanol–water partition coefficient (Wildman–Crippen LogP) is 14.3. The summed E-state index contributed by atoms with van der Waals surface area (Å²) in [4.78, 5) is 26.5. The lowest BCUT2D eigenvalue weighted by atomic mass is 9.99. The summed E-state index contributed by atoms with van der Waals surface area (Å²) >= 11 is 0. The number of hydrogen-bond acceptors (Lipinski definition) is 10. The summed E-state index contributed by atoms with van der Waals surface area (Å²) in [5.74, 6) is -1.24. The first-order valence-electron chi connectivity index (χ1n) is 30.5. The summed E-state index contributed by atoms with van der Waals surface area (Å²) in [5.41, 5.74) is 0. The fraction of sp³-hybridized carbons (Fsp3) is 0.723. The number of esters is 1. The Kier molecular flexibility index (Phi) is 48.6. The molecule has 0 aromatic carbocycles. The van der Waals surface area contributed by atoms with Crippen LogP contribution in [0.5, 0.6) is 0 Å². The summed E-state index contributed by atoms with van der Waals surface area (Å²) < 4.78 is 17.6. The number of carbonyl (C=O) groups is 2. The summed E-state index contributed by atoms with van der Waals surface area (Å²) in [5, 5.41) is 56.8. The van der Waals surface area contributed by atoms with E-state index in [1.807, 2.05) is 6.08 Å². The molecule has 6 N–H and O–H groups in total. The fourth-order valence-electron chi connectivity index (χ4n) is 8.88. The Balaban J connectivity index is 2.68. The summed E-state index contributed by atoms with van der Waals surface area (Å²) in [6.07, 6.45) is 58.8. The van der Waals surface area contributed by atoms with Crippen molar-refractivity contribution in [1.29, 1.82) is 0 Å². The van der Waals surface area contributed by atoms with Crippen LogP contribution >= 0.6 is 0 Å². The molecule has 1 aliphatic heterocycles. The minimum Gasteiger partial charge on any atom is -0.454 e. The van der Waals surface area contributed by atoms with Gasteiger partial charge in [0.15, 0.2) is 12.4 Å². The van der Waals surface area contributed by atoms with E-state index in [1.54, 1.807) is 6.08 Å². The molecule has 1 fully saturated rings. The minimum absolute atomic E-state index is 0.0873. The van der Waals surface area contributed by atoms with Crippen LogP contribution in [-0.2, 0) is 23.8 Å². The van der Waals surface area contributed by atoms with Crippen LogP contribution in [0, 0.1) is 0 Å². The Morgan fingerprint density at radius 1 is 0.526 bits per heavy atom.